The predicted octanol–water partition coefficient (Wildman–Crippen LogP) is 0.977. The molecule has 4 nitrogen and oxygen atoms in total. The first-order valence-electron chi connectivity index (χ1n) is 5.39. The normalized spacial score (nSPS) is 14.1. The highest BCUT2D eigenvalue weighted by Crippen LogP contribution is 2.09. The number of carbonyl (C=O) groups excluding carboxylic acids is 1. The zero-order valence-electron chi connectivity index (χ0n) is 10.1. The number of hydrogen-bond donors (Lipinski definition) is 2. The van der Waals surface area contributed by atoms with Gasteiger partial charge in [-0.1, -0.05) is 6.07 Å². The van der Waals surface area contributed by atoms with E-state index >= 15 is 0 Å². The van der Waals surface area contributed by atoms with Gasteiger partial charge in [0.05, 0.1) is 13.2 Å². The lowest BCUT2D eigenvalue weighted by atomic mass is 10.1. The van der Waals surface area contributed by atoms with Crippen LogP contribution in [0.15, 0.2) is 18.2 Å². The highest BCUT2D eigenvalue weighted by Gasteiger charge is 2.23. The molecule has 0 aliphatic heterocycles. The van der Waals surface area contributed by atoms with E-state index in [0.717, 1.165) is 12.1 Å². The number of methoxy groups -OCH3 is 1. The first kappa shape index (κ1) is 14.5. The Morgan fingerprint density at radius 3 is 2.61 bits per heavy atom. The Bertz CT molecular complexity index is 424. The van der Waals surface area contributed by atoms with Gasteiger partial charge in [-0.05, 0) is 24.6 Å². The van der Waals surface area contributed by atoms with E-state index in [1.807, 2.05) is 0 Å². The number of aliphatic hydroxyl groups is 1. The van der Waals surface area contributed by atoms with Crippen LogP contribution in [0.3, 0.4) is 0 Å². The molecule has 1 aromatic carbocycles. The molecule has 0 aliphatic carbocycles. The number of halogens is 2. The summed E-state index contributed by atoms with van der Waals surface area (Å²) in [6.45, 7) is 1.54. The molecule has 1 aromatic rings. The topological polar surface area (TPSA) is 58.6 Å². The summed E-state index contributed by atoms with van der Waals surface area (Å²) in [7, 11) is 1.21. The largest absolute Gasteiger partial charge is 0.468 e. The van der Waals surface area contributed by atoms with Crippen molar-refractivity contribution in [3.8, 4) is 0 Å². The summed E-state index contributed by atoms with van der Waals surface area (Å²) in [5, 5.41) is 12.1. The minimum atomic E-state index is -0.957. The van der Waals surface area contributed by atoms with E-state index in [-0.39, 0.29) is 6.54 Å². The fourth-order valence-electron chi connectivity index (χ4n) is 1.46. The third-order valence-corrected chi connectivity index (χ3v) is 2.45. The molecule has 0 fully saturated rings. The monoisotopic (exact) mass is 259 g/mol. The molecule has 0 amide bonds. The Hall–Kier alpha value is -1.53. The van der Waals surface area contributed by atoms with Gasteiger partial charge in [0.15, 0.2) is 11.6 Å². The molecule has 0 saturated carbocycles. The highest BCUT2D eigenvalue weighted by molar-refractivity contribution is 5.76. The van der Waals surface area contributed by atoms with Crippen LogP contribution in [-0.4, -0.2) is 30.3 Å². The number of hydrogen-bond acceptors (Lipinski definition) is 4. The molecule has 0 bridgehead atoms. The summed E-state index contributed by atoms with van der Waals surface area (Å²) < 4.78 is 30.2. The number of nitrogens with one attached hydrogen (secondary N) is 1. The molecule has 1 rings (SSSR count). The van der Waals surface area contributed by atoms with Crippen molar-refractivity contribution >= 4 is 5.97 Å². The summed E-state index contributed by atoms with van der Waals surface area (Å²) >= 11 is 0. The molecular weight excluding hydrogens is 244 g/mol. The zero-order valence-corrected chi connectivity index (χ0v) is 10.1. The van der Waals surface area contributed by atoms with Crippen LogP contribution in [0.4, 0.5) is 8.78 Å². The molecule has 0 saturated heterocycles. The summed E-state index contributed by atoms with van der Waals surface area (Å²) in [5.41, 5.74) is 0.462. The van der Waals surface area contributed by atoms with Gasteiger partial charge < -0.3 is 9.84 Å². The van der Waals surface area contributed by atoms with Crippen molar-refractivity contribution in [1.82, 2.24) is 5.32 Å². The van der Waals surface area contributed by atoms with Crippen LogP contribution in [0.2, 0.25) is 0 Å². The van der Waals surface area contributed by atoms with Gasteiger partial charge in [-0.2, -0.15) is 0 Å². The van der Waals surface area contributed by atoms with Gasteiger partial charge in [0.1, 0.15) is 6.04 Å². The van der Waals surface area contributed by atoms with Crippen molar-refractivity contribution in [2.45, 2.75) is 25.6 Å². The number of benzene rings is 1. The lowest BCUT2D eigenvalue weighted by Crippen LogP contribution is -2.45. The summed E-state index contributed by atoms with van der Waals surface area (Å²) in [4.78, 5) is 11.3. The minimum Gasteiger partial charge on any atom is -0.468 e. The Kier molecular flexibility index (Phi) is 5.18. The molecule has 0 aromatic heterocycles. The second-order valence-corrected chi connectivity index (χ2v) is 3.87. The zero-order chi connectivity index (χ0) is 13.7. The molecule has 2 unspecified atom stereocenters. The predicted molar refractivity (Wildman–Crippen MR) is 60.7 cm³/mol. The number of esters is 1. The molecule has 0 heterocycles. The van der Waals surface area contributed by atoms with E-state index < -0.39 is 29.7 Å². The Morgan fingerprint density at radius 2 is 2.11 bits per heavy atom. The van der Waals surface area contributed by atoms with Crippen LogP contribution in [0.5, 0.6) is 0 Å². The van der Waals surface area contributed by atoms with Crippen LogP contribution >= 0.6 is 0 Å². The molecular formula is C12H15F2NO3. The molecule has 6 heteroatoms. The van der Waals surface area contributed by atoms with Crippen LogP contribution < -0.4 is 5.32 Å². The van der Waals surface area contributed by atoms with Gasteiger partial charge in [0, 0.05) is 6.54 Å². The van der Waals surface area contributed by atoms with Crippen molar-refractivity contribution in [2.24, 2.45) is 0 Å². The first-order valence-corrected chi connectivity index (χ1v) is 5.39. The van der Waals surface area contributed by atoms with Gasteiger partial charge in [-0.25, -0.2) is 8.78 Å². The lowest BCUT2D eigenvalue weighted by Gasteiger charge is -2.18. The second-order valence-electron chi connectivity index (χ2n) is 3.87. The fourth-order valence-corrected chi connectivity index (χ4v) is 1.46. The maximum Gasteiger partial charge on any atom is 0.325 e. The number of aliphatic hydroxyl groups excluding tert-OH is 1. The average molecular weight is 259 g/mol. The fraction of sp³-hybridized carbons (Fsp3) is 0.417. The molecule has 0 spiro atoms. The van der Waals surface area contributed by atoms with Crippen LogP contribution in [0.25, 0.3) is 0 Å². The lowest BCUT2D eigenvalue weighted by molar-refractivity contribution is -0.145. The minimum absolute atomic E-state index is 0.113. The van der Waals surface area contributed by atoms with E-state index in [1.165, 1.54) is 20.1 Å². The van der Waals surface area contributed by atoms with Crippen molar-refractivity contribution in [3.63, 3.8) is 0 Å². The molecule has 2 atom stereocenters. The SMILES string of the molecule is COC(=O)C(NCc1ccc(F)c(F)c1)C(C)O. The van der Waals surface area contributed by atoms with Gasteiger partial charge in [-0.15, -0.1) is 0 Å². The van der Waals surface area contributed by atoms with Crippen molar-refractivity contribution in [3.05, 3.63) is 35.4 Å². The summed E-state index contributed by atoms with van der Waals surface area (Å²) in [6.07, 6.45) is -0.956. The smallest absolute Gasteiger partial charge is 0.325 e. The van der Waals surface area contributed by atoms with E-state index in [2.05, 4.69) is 10.1 Å². The Balaban J connectivity index is 2.67. The number of carbonyl (C=O) groups is 1. The first-order chi connectivity index (χ1) is 8.45. The maximum atomic E-state index is 12.9. The standard InChI is InChI=1S/C12H15F2NO3/c1-7(16)11(12(17)18-2)15-6-8-3-4-9(13)10(14)5-8/h3-5,7,11,15-16H,6H2,1-2H3. The third kappa shape index (κ3) is 3.75. The number of ether oxygens (including phenoxy) is 1. The van der Waals surface area contributed by atoms with E-state index in [1.54, 1.807) is 0 Å². The van der Waals surface area contributed by atoms with Gasteiger partial charge >= 0.3 is 5.97 Å². The molecule has 2 N–H and O–H groups in total. The molecule has 0 radical (unpaired) electrons. The Morgan fingerprint density at radius 1 is 1.44 bits per heavy atom. The molecule has 0 aliphatic rings. The van der Waals surface area contributed by atoms with E-state index in [0.29, 0.717) is 5.56 Å². The van der Waals surface area contributed by atoms with Crippen LogP contribution in [-0.2, 0) is 16.1 Å². The highest BCUT2D eigenvalue weighted by atomic mass is 19.2. The average Bonchev–Trinajstić information content (AvgIpc) is 2.33. The van der Waals surface area contributed by atoms with Gasteiger partial charge in [-0.3, -0.25) is 10.1 Å². The number of rotatable bonds is 5. The van der Waals surface area contributed by atoms with Crippen molar-refractivity contribution in [1.29, 1.82) is 0 Å². The third-order valence-electron chi connectivity index (χ3n) is 2.45. The Labute approximate surface area is 104 Å². The quantitative estimate of drug-likeness (QED) is 0.774. The van der Waals surface area contributed by atoms with Gasteiger partial charge in [0.25, 0.3) is 0 Å². The molecule has 100 valence electrons. The summed E-state index contributed by atoms with van der Waals surface area (Å²) in [5.74, 6) is -2.51. The second kappa shape index (κ2) is 6.42. The van der Waals surface area contributed by atoms with E-state index in [4.69, 9.17) is 0 Å². The molecule has 18 heavy (non-hydrogen) atoms. The van der Waals surface area contributed by atoms with Crippen LogP contribution in [0, 0.1) is 11.6 Å². The maximum absolute atomic E-state index is 12.9. The van der Waals surface area contributed by atoms with Gasteiger partial charge in [0.2, 0.25) is 0 Å². The van der Waals surface area contributed by atoms with Crippen molar-refractivity contribution < 1.29 is 23.4 Å². The summed E-state index contributed by atoms with van der Waals surface area (Å²) in [6, 6.07) is 2.51. The van der Waals surface area contributed by atoms with Crippen LogP contribution in [0.1, 0.15) is 12.5 Å². The van der Waals surface area contributed by atoms with E-state index in [9.17, 15) is 18.7 Å². The van der Waals surface area contributed by atoms with Crippen molar-refractivity contribution in [2.75, 3.05) is 7.11 Å².